The molecular weight excluding hydrogens is 180 g/mol. The Morgan fingerprint density at radius 3 is 2.93 bits per heavy atom. The molecule has 1 aromatic carbocycles. The van der Waals surface area contributed by atoms with Crippen LogP contribution in [0, 0.1) is 0 Å². The van der Waals surface area contributed by atoms with Crippen LogP contribution in [0.4, 0.5) is 0 Å². The van der Waals surface area contributed by atoms with Gasteiger partial charge in [-0.3, -0.25) is 4.79 Å². The smallest absolute Gasteiger partial charge is 0.165 e. The number of allylic oxidation sites excluding steroid dienone is 1. The summed E-state index contributed by atoms with van der Waals surface area (Å²) in [6.07, 6.45) is 3.52. The summed E-state index contributed by atoms with van der Waals surface area (Å²) in [5.74, 6) is 0.494. The molecule has 0 aromatic heterocycles. The van der Waals surface area contributed by atoms with Crippen LogP contribution < -0.4 is 4.74 Å². The fourth-order valence-corrected chi connectivity index (χ4v) is 1.09. The highest BCUT2D eigenvalue weighted by Gasteiger charge is 2.04. The van der Waals surface area contributed by atoms with Gasteiger partial charge >= 0.3 is 0 Å². The number of phenols is 1. The molecule has 74 valence electrons. The van der Waals surface area contributed by atoms with E-state index in [1.165, 1.54) is 12.2 Å². The molecule has 0 bridgehead atoms. The lowest BCUT2D eigenvalue weighted by Gasteiger charge is -2.06. The zero-order valence-corrected chi connectivity index (χ0v) is 7.93. The SMILES string of the molecule is CCOc1cccc(C=CC=O)c1O. The molecular formula is C11H12O3. The summed E-state index contributed by atoms with van der Waals surface area (Å²) < 4.78 is 5.19. The second-order valence-corrected chi connectivity index (χ2v) is 2.62. The van der Waals surface area contributed by atoms with Gasteiger partial charge in [0.2, 0.25) is 0 Å². The Labute approximate surface area is 82.6 Å². The third kappa shape index (κ3) is 2.36. The molecule has 0 atom stereocenters. The van der Waals surface area contributed by atoms with Crippen molar-refractivity contribution in [3.63, 3.8) is 0 Å². The van der Waals surface area contributed by atoms with Gasteiger partial charge in [0.15, 0.2) is 11.5 Å². The van der Waals surface area contributed by atoms with Crippen LogP contribution in [0.2, 0.25) is 0 Å². The van der Waals surface area contributed by atoms with E-state index in [0.717, 1.165) is 0 Å². The lowest BCUT2D eigenvalue weighted by Crippen LogP contribution is -1.92. The van der Waals surface area contributed by atoms with Crippen molar-refractivity contribution in [2.45, 2.75) is 6.92 Å². The lowest BCUT2D eigenvalue weighted by atomic mass is 10.2. The first kappa shape index (κ1) is 10.3. The normalized spacial score (nSPS) is 10.4. The van der Waals surface area contributed by atoms with E-state index in [9.17, 15) is 9.90 Å². The molecule has 0 unspecified atom stereocenters. The lowest BCUT2D eigenvalue weighted by molar-refractivity contribution is -0.104. The van der Waals surface area contributed by atoms with Gasteiger partial charge < -0.3 is 9.84 Å². The second-order valence-electron chi connectivity index (χ2n) is 2.62. The van der Waals surface area contributed by atoms with E-state index in [4.69, 9.17) is 4.74 Å². The largest absolute Gasteiger partial charge is 0.504 e. The predicted molar refractivity (Wildman–Crippen MR) is 54.4 cm³/mol. The van der Waals surface area contributed by atoms with Crippen LogP contribution >= 0.6 is 0 Å². The first-order chi connectivity index (χ1) is 6.79. The van der Waals surface area contributed by atoms with Crippen molar-refractivity contribution < 1.29 is 14.6 Å². The Bertz CT molecular complexity index is 342. The van der Waals surface area contributed by atoms with Crippen molar-refractivity contribution in [3.05, 3.63) is 29.8 Å². The first-order valence-electron chi connectivity index (χ1n) is 4.36. The molecule has 0 fully saturated rings. The number of rotatable bonds is 4. The molecule has 0 amide bonds. The molecule has 0 aliphatic heterocycles. The minimum Gasteiger partial charge on any atom is -0.504 e. The summed E-state index contributed by atoms with van der Waals surface area (Å²) in [7, 11) is 0. The van der Waals surface area contributed by atoms with Gasteiger partial charge in [-0.2, -0.15) is 0 Å². The number of hydrogen-bond donors (Lipinski definition) is 1. The summed E-state index contributed by atoms with van der Waals surface area (Å²) in [5, 5.41) is 9.65. The molecule has 3 heteroatoms. The molecule has 0 spiro atoms. The molecule has 0 saturated heterocycles. The van der Waals surface area contributed by atoms with E-state index in [1.54, 1.807) is 18.2 Å². The molecule has 1 rings (SSSR count). The number of para-hydroxylation sites is 1. The maximum atomic E-state index is 10.1. The van der Waals surface area contributed by atoms with Crippen LogP contribution in [0.1, 0.15) is 12.5 Å². The first-order valence-corrected chi connectivity index (χ1v) is 4.36. The fourth-order valence-electron chi connectivity index (χ4n) is 1.09. The highest BCUT2D eigenvalue weighted by molar-refractivity contribution is 5.76. The third-order valence-electron chi connectivity index (χ3n) is 1.68. The van der Waals surface area contributed by atoms with Crippen LogP contribution in [0.5, 0.6) is 11.5 Å². The molecule has 1 aromatic rings. The maximum Gasteiger partial charge on any atom is 0.165 e. The van der Waals surface area contributed by atoms with Gasteiger partial charge in [-0.05, 0) is 25.1 Å². The molecule has 0 heterocycles. The van der Waals surface area contributed by atoms with E-state index in [2.05, 4.69) is 0 Å². The number of hydrogen-bond acceptors (Lipinski definition) is 3. The average Bonchev–Trinajstić information content (AvgIpc) is 2.20. The number of carbonyl (C=O) groups is 1. The monoisotopic (exact) mass is 192 g/mol. The van der Waals surface area contributed by atoms with E-state index in [1.807, 2.05) is 6.92 Å². The van der Waals surface area contributed by atoms with E-state index in [0.29, 0.717) is 24.2 Å². The van der Waals surface area contributed by atoms with E-state index >= 15 is 0 Å². The van der Waals surface area contributed by atoms with Gasteiger partial charge in [-0.1, -0.05) is 12.1 Å². The van der Waals surface area contributed by atoms with E-state index < -0.39 is 0 Å². The van der Waals surface area contributed by atoms with Crippen molar-refractivity contribution in [3.8, 4) is 11.5 Å². The number of ether oxygens (including phenoxy) is 1. The standard InChI is InChI=1S/C11H12O3/c1-2-14-10-7-3-5-9(11(10)13)6-4-8-12/h3-8,13H,2H2,1H3. The molecule has 0 radical (unpaired) electrons. The van der Waals surface area contributed by atoms with Crippen LogP contribution in [0.15, 0.2) is 24.3 Å². The van der Waals surface area contributed by atoms with Gasteiger partial charge in [0.05, 0.1) is 6.61 Å². The fraction of sp³-hybridized carbons (Fsp3) is 0.182. The Morgan fingerprint density at radius 2 is 2.29 bits per heavy atom. The minimum absolute atomic E-state index is 0.0625. The molecule has 0 saturated carbocycles. The quantitative estimate of drug-likeness (QED) is 0.586. The summed E-state index contributed by atoms with van der Waals surface area (Å²) in [6.45, 7) is 2.34. The Balaban J connectivity index is 3.00. The summed E-state index contributed by atoms with van der Waals surface area (Å²) in [6, 6.07) is 5.14. The Hall–Kier alpha value is -1.77. The van der Waals surface area contributed by atoms with Crippen LogP contribution in [0.25, 0.3) is 6.08 Å². The Morgan fingerprint density at radius 1 is 1.50 bits per heavy atom. The van der Waals surface area contributed by atoms with Crippen molar-refractivity contribution in [2.75, 3.05) is 6.61 Å². The number of aromatic hydroxyl groups is 1. The molecule has 14 heavy (non-hydrogen) atoms. The Kier molecular flexibility index (Phi) is 3.73. The average molecular weight is 192 g/mol. The number of carbonyl (C=O) groups excluding carboxylic acids is 1. The van der Waals surface area contributed by atoms with E-state index in [-0.39, 0.29) is 5.75 Å². The molecule has 0 aliphatic rings. The van der Waals surface area contributed by atoms with Gasteiger partial charge in [0.1, 0.15) is 6.29 Å². The second kappa shape index (κ2) is 5.07. The number of phenolic OH excluding ortho intramolecular Hbond substituents is 1. The highest BCUT2D eigenvalue weighted by atomic mass is 16.5. The maximum absolute atomic E-state index is 10.1. The highest BCUT2D eigenvalue weighted by Crippen LogP contribution is 2.30. The van der Waals surface area contributed by atoms with Crippen molar-refractivity contribution in [2.24, 2.45) is 0 Å². The summed E-state index contributed by atoms with van der Waals surface area (Å²) >= 11 is 0. The van der Waals surface area contributed by atoms with Crippen LogP contribution in [0.3, 0.4) is 0 Å². The van der Waals surface area contributed by atoms with Crippen molar-refractivity contribution >= 4 is 12.4 Å². The van der Waals surface area contributed by atoms with Crippen molar-refractivity contribution in [1.29, 1.82) is 0 Å². The van der Waals surface area contributed by atoms with Gasteiger partial charge in [-0.15, -0.1) is 0 Å². The topological polar surface area (TPSA) is 46.5 Å². The van der Waals surface area contributed by atoms with Gasteiger partial charge in [-0.25, -0.2) is 0 Å². The predicted octanol–water partition coefficient (Wildman–Crippen LogP) is 2.00. The van der Waals surface area contributed by atoms with Crippen molar-refractivity contribution in [1.82, 2.24) is 0 Å². The van der Waals surface area contributed by atoms with Crippen LogP contribution in [-0.4, -0.2) is 18.0 Å². The molecule has 3 nitrogen and oxygen atoms in total. The van der Waals surface area contributed by atoms with Crippen LogP contribution in [-0.2, 0) is 4.79 Å². The number of aldehydes is 1. The third-order valence-corrected chi connectivity index (χ3v) is 1.68. The molecule has 1 N–H and O–H groups in total. The molecule has 0 aliphatic carbocycles. The van der Waals surface area contributed by atoms with Gasteiger partial charge in [0.25, 0.3) is 0 Å². The summed E-state index contributed by atoms with van der Waals surface area (Å²) in [5.41, 5.74) is 0.572. The zero-order chi connectivity index (χ0) is 10.4. The number of benzene rings is 1. The summed E-state index contributed by atoms with van der Waals surface area (Å²) in [4.78, 5) is 10.1. The zero-order valence-electron chi connectivity index (χ0n) is 7.93. The minimum atomic E-state index is 0.0625. The van der Waals surface area contributed by atoms with Gasteiger partial charge in [0, 0.05) is 5.56 Å².